The molecule has 49 heavy (non-hydrogen) atoms. The molecule has 0 aliphatic heterocycles. The summed E-state index contributed by atoms with van der Waals surface area (Å²) >= 11 is 3.39. The molecule has 3 amide bonds. The third kappa shape index (κ3) is 40.9. The van der Waals surface area contributed by atoms with E-state index in [1.165, 1.54) is 64.2 Å². The monoisotopic (exact) mass is 721 g/mol. The second kappa shape index (κ2) is 39.2. The highest BCUT2D eigenvalue weighted by atomic mass is 32.1. The lowest BCUT2D eigenvalue weighted by atomic mass is 10.0. The summed E-state index contributed by atoms with van der Waals surface area (Å²) in [6.45, 7) is 1.97. The largest absolute Gasteiger partial charge is 0.483 e. The van der Waals surface area contributed by atoms with Gasteiger partial charge >= 0.3 is 11.9 Å². The van der Waals surface area contributed by atoms with Crippen molar-refractivity contribution >= 4 is 54.4 Å². The molecule has 14 nitrogen and oxygen atoms in total. The molecule has 0 rings (SSSR count). The van der Waals surface area contributed by atoms with Gasteiger partial charge in [0.05, 0.1) is 6.61 Å². The van der Waals surface area contributed by atoms with E-state index in [1.54, 1.807) is 0 Å². The number of nitrogens with one attached hydrogen (secondary N) is 3. The van der Waals surface area contributed by atoms with Crippen molar-refractivity contribution in [3.05, 3.63) is 0 Å². The Hall–Kier alpha value is -3.20. The van der Waals surface area contributed by atoms with Gasteiger partial charge in [-0.1, -0.05) is 103 Å². The Morgan fingerprint density at radius 1 is 0.653 bits per heavy atom. The average Bonchev–Trinajstić information content (AvgIpc) is 3.05. The van der Waals surface area contributed by atoms with Gasteiger partial charge in [-0.2, -0.15) is 0 Å². The van der Waals surface area contributed by atoms with Crippen LogP contribution in [0.5, 0.6) is 0 Å². The smallest absolute Gasteiger partial charge is 0.326 e. The molecule has 15 heteroatoms. The van der Waals surface area contributed by atoms with Crippen LogP contribution in [0.1, 0.15) is 148 Å². The molecule has 0 aromatic rings. The van der Waals surface area contributed by atoms with Gasteiger partial charge in [0.1, 0.15) is 12.1 Å². The molecule has 0 aromatic heterocycles. The second-order valence-corrected chi connectivity index (χ2v) is 12.2. The first-order valence-electron chi connectivity index (χ1n) is 17.6. The number of carbonyl (C=O) groups is 7. The highest BCUT2D eigenvalue weighted by molar-refractivity contribution is 7.96. The number of amides is 3. The summed E-state index contributed by atoms with van der Waals surface area (Å²) < 4.78 is 0. The van der Waals surface area contributed by atoms with E-state index in [0.29, 0.717) is 25.8 Å². The van der Waals surface area contributed by atoms with Gasteiger partial charge in [0, 0.05) is 25.8 Å². The first-order valence-corrected chi connectivity index (χ1v) is 18.1. The third-order valence-corrected chi connectivity index (χ3v) is 7.75. The van der Waals surface area contributed by atoms with Gasteiger partial charge in [-0.25, -0.2) is 4.79 Å². The standard InChI is InChI=1S/C29H54N2O6.C4H7NO3S.CH2O2/c1-2-3-24-30-26(32)23-22-25(29(36)37)31-27(33)20-18-16-14-12-10-8-6-4-5-7-9-11-13-15-17-19-21-28(34)35;6-1-3(4(8)9)5-2-7;2-1-3/h25H,2-24H2,1H3,(H,30,32)(H,31,33)(H,34,35)(H,36,37);2-3,6H,1H2,(H,5,7)(H,8,9);1H,(H,2,3). The zero-order valence-corrected chi connectivity index (χ0v) is 30.3. The molecule has 2 unspecified atom stereocenters. The fraction of sp³-hybridized carbons (Fsp3) is 0.794. The molecule has 0 aliphatic carbocycles. The van der Waals surface area contributed by atoms with Gasteiger partial charge in [-0.05, 0) is 25.7 Å². The molecule has 0 bridgehead atoms. The number of aliphatic hydroxyl groups excluding tert-OH is 1. The maximum Gasteiger partial charge on any atom is 0.326 e. The Kier molecular flexibility index (Phi) is 40.2. The summed E-state index contributed by atoms with van der Waals surface area (Å²) in [5, 5.41) is 40.0. The molecule has 0 fully saturated rings. The van der Waals surface area contributed by atoms with Crippen LogP contribution in [-0.2, 0) is 33.6 Å². The van der Waals surface area contributed by atoms with Crippen LogP contribution in [0, 0.1) is 0 Å². The number of carbonyl (C=O) groups excluding carboxylic acids is 4. The first kappa shape index (κ1) is 50.2. The second-order valence-electron chi connectivity index (χ2n) is 11.7. The molecule has 2 atom stereocenters. The van der Waals surface area contributed by atoms with E-state index in [9.17, 15) is 33.9 Å². The molecule has 0 aliphatic rings. The van der Waals surface area contributed by atoms with E-state index in [1.807, 2.05) is 6.92 Å². The SMILES string of the molecule is CCCCNC(=O)CCC(NC(=O)CCCCCCCCCCCCCCCCCCC(=O)O)C(=O)O.O=CNC(CO)C(=O)S.O=CO. The normalized spacial score (nSPS) is 11.3. The Balaban J connectivity index is -0.00000149. The molecule has 0 aromatic carbocycles. The van der Waals surface area contributed by atoms with Crippen LogP contribution < -0.4 is 16.0 Å². The lowest BCUT2D eigenvalue weighted by Gasteiger charge is -2.14. The van der Waals surface area contributed by atoms with Crippen molar-refractivity contribution in [2.75, 3.05) is 13.2 Å². The summed E-state index contributed by atoms with van der Waals surface area (Å²) in [7, 11) is 0. The maximum absolute atomic E-state index is 12.1. The zero-order valence-electron chi connectivity index (χ0n) is 29.4. The zero-order chi connectivity index (χ0) is 37.5. The fourth-order valence-electron chi connectivity index (χ4n) is 4.61. The van der Waals surface area contributed by atoms with Crippen LogP contribution in [0.25, 0.3) is 0 Å². The number of aliphatic carboxylic acids is 2. The highest BCUT2D eigenvalue weighted by Crippen LogP contribution is 2.14. The van der Waals surface area contributed by atoms with E-state index >= 15 is 0 Å². The van der Waals surface area contributed by atoms with E-state index in [2.05, 4.69) is 28.6 Å². The fourth-order valence-corrected chi connectivity index (χ4v) is 4.77. The van der Waals surface area contributed by atoms with Crippen LogP contribution in [0.3, 0.4) is 0 Å². The predicted octanol–water partition coefficient (Wildman–Crippen LogP) is 4.61. The van der Waals surface area contributed by atoms with E-state index < -0.39 is 35.7 Å². The Morgan fingerprint density at radius 2 is 1.08 bits per heavy atom. The number of unbranched alkanes of at least 4 members (excludes halogenated alkanes) is 16. The van der Waals surface area contributed by atoms with Gasteiger partial charge in [0.25, 0.3) is 6.47 Å². The predicted molar refractivity (Wildman–Crippen MR) is 190 cm³/mol. The van der Waals surface area contributed by atoms with Crippen molar-refractivity contribution in [1.82, 2.24) is 16.0 Å². The van der Waals surface area contributed by atoms with Gasteiger partial charge in [-0.15, -0.1) is 12.6 Å². The summed E-state index contributed by atoms with van der Waals surface area (Å²) in [6.07, 6.45) is 21.5. The number of hydrogen-bond acceptors (Lipinski definition) is 8. The van der Waals surface area contributed by atoms with Gasteiger partial charge in [0.2, 0.25) is 23.3 Å². The Labute approximate surface area is 297 Å². The number of carboxylic acid groups (broad SMARTS) is 3. The number of hydrogen-bond donors (Lipinski definition) is 8. The molecule has 0 saturated carbocycles. The van der Waals surface area contributed by atoms with Crippen molar-refractivity contribution in [2.45, 2.75) is 160 Å². The molecule has 0 radical (unpaired) electrons. The Bertz CT molecular complexity index is 878. The molecule has 0 heterocycles. The summed E-state index contributed by atoms with van der Waals surface area (Å²) in [6, 6.07) is -1.88. The minimum Gasteiger partial charge on any atom is -0.483 e. The molecule has 286 valence electrons. The van der Waals surface area contributed by atoms with Gasteiger partial charge < -0.3 is 36.4 Å². The van der Waals surface area contributed by atoms with Crippen molar-refractivity contribution in [3.8, 4) is 0 Å². The van der Waals surface area contributed by atoms with E-state index in [4.69, 9.17) is 20.1 Å². The average molecular weight is 722 g/mol. The van der Waals surface area contributed by atoms with E-state index in [0.717, 1.165) is 51.4 Å². The molecular formula is C34H63N3O11S. The molecular weight excluding hydrogens is 658 g/mol. The number of aliphatic hydroxyl groups is 1. The van der Waals surface area contributed by atoms with Gasteiger partial charge in [0.15, 0.2) is 0 Å². The minimum absolute atomic E-state index is 0.0958. The van der Waals surface area contributed by atoms with Gasteiger partial charge in [-0.3, -0.25) is 28.8 Å². The lowest BCUT2D eigenvalue weighted by molar-refractivity contribution is -0.142. The van der Waals surface area contributed by atoms with Crippen molar-refractivity contribution in [1.29, 1.82) is 0 Å². The molecule has 7 N–H and O–H groups in total. The summed E-state index contributed by atoms with van der Waals surface area (Å²) in [5.74, 6) is -2.21. The minimum atomic E-state index is -1.10. The molecule has 0 saturated heterocycles. The van der Waals surface area contributed by atoms with Crippen LogP contribution in [0.4, 0.5) is 0 Å². The number of thiol groups is 1. The highest BCUT2D eigenvalue weighted by Gasteiger charge is 2.20. The van der Waals surface area contributed by atoms with Crippen LogP contribution >= 0.6 is 12.6 Å². The van der Waals surface area contributed by atoms with E-state index in [-0.39, 0.29) is 31.1 Å². The lowest BCUT2D eigenvalue weighted by Crippen LogP contribution is -2.41. The maximum atomic E-state index is 12.1. The van der Waals surface area contributed by atoms with Crippen LogP contribution in [0.2, 0.25) is 0 Å². The van der Waals surface area contributed by atoms with Crippen LogP contribution in [-0.4, -0.2) is 87.4 Å². The summed E-state index contributed by atoms with van der Waals surface area (Å²) in [5.41, 5.74) is 0. The quantitative estimate of drug-likeness (QED) is 0.0280. The van der Waals surface area contributed by atoms with Crippen molar-refractivity contribution in [2.24, 2.45) is 0 Å². The number of rotatable bonds is 31. The third-order valence-electron chi connectivity index (χ3n) is 7.44. The topological polar surface area (TPSA) is 236 Å². The molecule has 0 spiro atoms. The first-order chi connectivity index (χ1) is 23.5. The van der Waals surface area contributed by atoms with Crippen molar-refractivity contribution in [3.63, 3.8) is 0 Å². The van der Waals surface area contributed by atoms with Crippen molar-refractivity contribution < 1.29 is 54.0 Å². The van der Waals surface area contributed by atoms with Crippen LogP contribution in [0.15, 0.2) is 0 Å². The Morgan fingerprint density at radius 3 is 1.41 bits per heavy atom. The summed E-state index contributed by atoms with van der Waals surface area (Å²) in [4.78, 5) is 74.0. The number of carboxylic acids is 2.